The molecule has 0 bridgehead atoms. The van der Waals surface area contributed by atoms with Crippen molar-refractivity contribution >= 4 is 0 Å². The van der Waals surface area contributed by atoms with Crippen molar-refractivity contribution in [2.45, 2.75) is 12.6 Å². The second kappa shape index (κ2) is 4.81. The molecule has 0 aliphatic carbocycles. The molecule has 2 N–H and O–H groups in total. The minimum Gasteiger partial charge on any atom is -0.493 e. The molecule has 1 atom stereocenters. The quantitative estimate of drug-likeness (QED) is 0.819. The highest BCUT2D eigenvalue weighted by molar-refractivity contribution is 5.60. The van der Waals surface area contributed by atoms with E-state index in [0.29, 0.717) is 30.3 Å². The summed E-state index contributed by atoms with van der Waals surface area (Å²) in [5.74, 6) is 1.75. The van der Waals surface area contributed by atoms with Crippen LogP contribution in [0.3, 0.4) is 0 Å². The van der Waals surface area contributed by atoms with Crippen molar-refractivity contribution in [2.75, 3.05) is 27.9 Å². The van der Waals surface area contributed by atoms with Gasteiger partial charge >= 0.3 is 0 Å². The number of aliphatic hydroxyl groups is 1. The van der Waals surface area contributed by atoms with E-state index >= 15 is 0 Å². The monoisotopic (exact) mass is 239 g/mol. The summed E-state index contributed by atoms with van der Waals surface area (Å²) in [7, 11) is 4.72. The molecule has 2 rings (SSSR count). The Labute approximate surface area is 100 Å². The van der Waals surface area contributed by atoms with Gasteiger partial charge in [0.15, 0.2) is 11.5 Å². The standard InChI is InChI=1S/C12H17NO4/c1-15-10-4-7-8(5-13-6-9(7)14)11(16-2)12(10)17-3/h4,9,13-14H,5-6H2,1-3H3. The second-order valence-electron chi connectivity index (χ2n) is 3.86. The summed E-state index contributed by atoms with van der Waals surface area (Å²) >= 11 is 0. The smallest absolute Gasteiger partial charge is 0.203 e. The van der Waals surface area contributed by atoms with Gasteiger partial charge in [-0.1, -0.05) is 0 Å². The Morgan fingerprint density at radius 2 is 1.88 bits per heavy atom. The molecule has 0 fully saturated rings. The van der Waals surface area contributed by atoms with Crippen LogP contribution in [-0.4, -0.2) is 33.0 Å². The fourth-order valence-corrected chi connectivity index (χ4v) is 2.16. The third-order valence-corrected chi connectivity index (χ3v) is 2.97. The summed E-state index contributed by atoms with van der Waals surface area (Å²) in [6, 6.07) is 1.81. The molecular formula is C12H17NO4. The van der Waals surface area contributed by atoms with Gasteiger partial charge in [0.1, 0.15) is 0 Å². The molecule has 0 saturated heterocycles. The number of ether oxygens (including phenoxy) is 3. The van der Waals surface area contributed by atoms with Gasteiger partial charge in [-0.15, -0.1) is 0 Å². The number of nitrogens with one attached hydrogen (secondary N) is 1. The Morgan fingerprint density at radius 1 is 1.18 bits per heavy atom. The van der Waals surface area contributed by atoms with Crippen LogP contribution < -0.4 is 19.5 Å². The highest BCUT2D eigenvalue weighted by Gasteiger charge is 2.26. The Morgan fingerprint density at radius 3 is 2.47 bits per heavy atom. The number of fused-ring (bicyclic) bond motifs is 1. The highest BCUT2D eigenvalue weighted by Crippen LogP contribution is 2.44. The molecular weight excluding hydrogens is 222 g/mol. The van der Waals surface area contributed by atoms with E-state index in [0.717, 1.165) is 11.1 Å². The van der Waals surface area contributed by atoms with E-state index < -0.39 is 6.10 Å². The van der Waals surface area contributed by atoms with Gasteiger partial charge in [0.25, 0.3) is 0 Å². The van der Waals surface area contributed by atoms with Crippen LogP contribution in [0.2, 0.25) is 0 Å². The van der Waals surface area contributed by atoms with Crippen LogP contribution in [0.5, 0.6) is 17.2 Å². The Balaban J connectivity index is 2.64. The van der Waals surface area contributed by atoms with Gasteiger partial charge in [0.05, 0.1) is 27.4 Å². The van der Waals surface area contributed by atoms with E-state index in [2.05, 4.69) is 5.32 Å². The first-order valence-electron chi connectivity index (χ1n) is 5.43. The molecule has 0 radical (unpaired) electrons. The van der Waals surface area contributed by atoms with E-state index in [4.69, 9.17) is 14.2 Å². The van der Waals surface area contributed by atoms with Crippen LogP contribution in [0.4, 0.5) is 0 Å². The molecule has 94 valence electrons. The fourth-order valence-electron chi connectivity index (χ4n) is 2.16. The molecule has 0 spiro atoms. The van der Waals surface area contributed by atoms with E-state index in [1.54, 1.807) is 21.3 Å². The molecule has 1 aromatic carbocycles. The minimum absolute atomic E-state index is 0.533. The van der Waals surface area contributed by atoms with Crippen LogP contribution in [-0.2, 0) is 6.54 Å². The molecule has 1 aromatic rings. The van der Waals surface area contributed by atoms with Gasteiger partial charge in [0.2, 0.25) is 5.75 Å². The molecule has 17 heavy (non-hydrogen) atoms. The molecule has 1 aliphatic rings. The van der Waals surface area contributed by atoms with E-state index in [1.807, 2.05) is 6.07 Å². The second-order valence-corrected chi connectivity index (χ2v) is 3.86. The SMILES string of the molecule is COc1cc2c(c(OC)c1OC)CNCC2O. The zero-order chi connectivity index (χ0) is 12.4. The number of β-amino-alcohol motifs (C(OH)–C–C–N with tert-alkyl or cyclic N) is 1. The number of rotatable bonds is 3. The first-order chi connectivity index (χ1) is 8.22. The molecule has 1 heterocycles. The lowest BCUT2D eigenvalue weighted by Gasteiger charge is -2.26. The maximum absolute atomic E-state index is 9.95. The largest absolute Gasteiger partial charge is 0.493 e. The van der Waals surface area contributed by atoms with Crippen molar-refractivity contribution in [3.05, 3.63) is 17.2 Å². The van der Waals surface area contributed by atoms with Crippen molar-refractivity contribution < 1.29 is 19.3 Å². The van der Waals surface area contributed by atoms with Crippen LogP contribution >= 0.6 is 0 Å². The lowest BCUT2D eigenvalue weighted by atomic mass is 9.96. The lowest BCUT2D eigenvalue weighted by molar-refractivity contribution is 0.163. The third-order valence-electron chi connectivity index (χ3n) is 2.97. The van der Waals surface area contributed by atoms with Gasteiger partial charge in [-0.05, 0) is 11.6 Å². The van der Waals surface area contributed by atoms with Crippen LogP contribution in [0.25, 0.3) is 0 Å². The first-order valence-corrected chi connectivity index (χ1v) is 5.43. The zero-order valence-electron chi connectivity index (χ0n) is 10.2. The van der Waals surface area contributed by atoms with Gasteiger partial charge in [-0.2, -0.15) is 0 Å². The molecule has 0 saturated carbocycles. The van der Waals surface area contributed by atoms with Gasteiger partial charge in [0, 0.05) is 18.7 Å². The van der Waals surface area contributed by atoms with E-state index in [1.165, 1.54) is 0 Å². The summed E-state index contributed by atoms with van der Waals surface area (Å²) in [4.78, 5) is 0. The lowest BCUT2D eigenvalue weighted by Crippen LogP contribution is -2.28. The number of aliphatic hydroxyl groups excluding tert-OH is 1. The summed E-state index contributed by atoms with van der Waals surface area (Å²) in [5, 5.41) is 13.1. The molecule has 5 nitrogen and oxygen atoms in total. The molecule has 1 aliphatic heterocycles. The van der Waals surface area contributed by atoms with Crippen LogP contribution in [0.1, 0.15) is 17.2 Å². The van der Waals surface area contributed by atoms with Crippen molar-refractivity contribution in [3.8, 4) is 17.2 Å². The topological polar surface area (TPSA) is 60.0 Å². The summed E-state index contributed by atoms with van der Waals surface area (Å²) in [6.45, 7) is 1.18. The number of benzene rings is 1. The maximum Gasteiger partial charge on any atom is 0.203 e. The van der Waals surface area contributed by atoms with Crippen molar-refractivity contribution in [3.63, 3.8) is 0 Å². The zero-order valence-corrected chi connectivity index (χ0v) is 10.2. The summed E-state index contributed by atoms with van der Waals surface area (Å²) in [5.41, 5.74) is 1.75. The van der Waals surface area contributed by atoms with Crippen molar-refractivity contribution in [1.82, 2.24) is 5.32 Å². The average Bonchev–Trinajstić information content (AvgIpc) is 2.36. The molecule has 0 amide bonds. The third kappa shape index (κ3) is 1.92. The Bertz CT molecular complexity index is 419. The normalized spacial score (nSPS) is 18.5. The molecule has 1 unspecified atom stereocenters. The number of hydrogen-bond acceptors (Lipinski definition) is 5. The molecule has 0 aromatic heterocycles. The minimum atomic E-state index is -0.549. The predicted molar refractivity (Wildman–Crippen MR) is 62.8 cm³/mol. The number of hydrogen-bond donors (Lipinski definition) is 2. The number of methoxy groups -OCH3 is 3. The highest BCUT2D eigenvalue weighted by atomic mass is 16.5. The Hall–Kier alpha value is -1.46. The maximum atomic E-state index is 9.95. The first kappa shape index (κ1) is 12.0. The van der Waals surface area contributed by atoms with E-state index in [9.17, 15) is 5.11 Å². The Kier molecular flexibility index (Phi) is 3.40. The van der Waals surface area contributed by atoms with Crippen LogP contribution in [0.15, 0.2) is 6.07 Å². The van der Waals surface area contributed by atoms with Gasteiger partial charge < -0.3 is 24.6 Å². The fraction of sp³-hybridized carbons (Fsp3) is 0.500. The van der Waals surface area contributed by atoms with E-state index in [-0.39, 0.29) is 0 Å². The van der Waals surface area contributed by atoms with Crippen LogP contribution in [0, 0.1) is 0 Å². The molecule has 5 heteroatoms. The van der Waals surface area contributed by atoms with Crippen molar-refractivity contribution in [1.29, 1.82) is 0 Å². The van der Waals surface area contributed by atoms with Crippen molar-refractivity contribution in [2.24, 2.45) is 0 Å². The van der Waals surface area contributed by atoms with Gasteiger partial charge in [-0.25, -0.2) is 0 Å². The predicted octanol–water partition coefficient (Wildman–Crippen LogP) is 0.849. The average molecular weight is 239 g/mol. The van der Waals surface area contributed by atoms with Gasteiger partial charge in [-0.3, -0.25) is 0 Å². The summed E-state index contributed by atoms with van der Waals surface area (Å²) in [6.07, 6.45) is -0.549. The summed E-state index contributed by atoms with van der Waals surface area (Å²) < 4.78 is 15.9.